The number of benzene rings is 1. The first-order valence-corrected chi connectivity index (χ1v) is 8.70. The first-order chi connectivity index (χ1) is 10.3. The van der Waals surface area contributed by atoms with Crippen molar-refractivity contribution in [3.05, 3.63) is 29.8 Å². The molecule has 0 aliphatic heterocycles. The van der Waals surface area contributed by atoms with E-state index in [-0.39, 0.29) is 0 Å². The SMILES string of the molecule is CCNC(CCOc1cccc(C)c1)CC1CCCCC1. The fourth-order valence-corrected chi connectivity index (χ4v) is 3.44. The van der Waals surface area contributed by atoms with Gasteiger partial charge in [-0.3, -0.25) is 0 Å². The molecule has 21 heavy (non-hydrogen) atoms. The van der Waals surface area contributed by atoms with Crippen LogP contribution in [-0.2, 0) is 0 Å². The molecule has 2 nitrogen and oxygen atoms in total. The first kappa shape index (κ1) is 16.4. The van der Waals surface area contributed by atoms with E-state index in [0.717, 1.165) is 31.2 Å². The molecule has 1 unspecified atom stereocenters. The first-order valence-electron chi connectivity index (χ1n) is 8.70. The molecule has 0 radical (unpaired) electrons. The van der Waals surface area contributed by atoms with Gasteiger partial charge in [-0.05, 0) is 49.9 Å². The molecule has 0 spiro atoms. The van der Waals surface area contributed by atoms with Crippen molar-refractivity contribution in [2.24, 2.45) is 5.92 Å². The van der Waals surface area contributed by atoms with E-state index in [9.17, 15) is 0 Å². The third-order valence-electron chi connectivity index (χ3n) is 4.56. The molecule has 2 rings (SSSR count). The van der Waals surface area contributed by atoms with E-state index in [1.54, 1.807) is 0 Å². The molecule has 1 atom stereocenters. The van der Waals surface area contributed by atoms with Crippen molar-refractivity contribution in [2.75, 3.05) is 13.2 Å². The molecular weight excluding hydrogens is 258 g/mol. The summed E-state index contributed by atoms with van der Waals surface area (Å²) >= 11 is 0. The highest BCUT2D eigenvalue weighted by molar-refractivity contribution is 5.27. The zero-order chi connectivity index (χ0) is 14.9. The van der Waals surface area contributed by atoms with Crippen LogP contribution in [0.4, 0.5) is 0 Å². The summed E-state index contributed by atoms with van der Waals surface area (Å²) in [6, 6.07) is 8.95. The van der Waals surface area contributed by atoms with Gasteiger partial charge in [0, 0.05) is 6.04 Å². The Bertz CT molecular complexity index is 398. The second-order valence-electron chi connectivity index (χ2n) is 6.45. The molecule has 118 valence electrons. The van der Waals surface area contributed by atoms with Crippen LogP contribution in [0, 0.1) is 12.8 Å². The van der Waals surface area contributed by atoms with E-state index in [0.29, 0.717) is 6.04 Å². The highest BCUT2D eigenvalue weighted by atomic mass is 16.5. The summed E-state index contributed by atoms with van der Waals surface area (Å²) in [5.41, 5.74) is 1.26. The molecule has 1 aromatic carbocycles. The van der Waals surface area contributed by atoms with Crippen LogP contribution in [0.15, 0.2) is 24.3 Å². The van der Waals surface area contributed by atoms with Crippen LogP contribution in [0.5, 0.6) is 5.75 Å². The van der Waals surface area contributed by atoms with Gasteiger partial charge in [0.2, 0.25) is 0 Å². The zero-order valence-electron chi connectivity index (χ0n) is 13.7. The van der Waals surface area contributed by atoms with Crippen molar-refractivity contribution in [2.45, 2.75) is 64.8 Å². The van der Waals surface area contributed by atoms with Crippen LogP contribution in [-0.4, -0.2) is 19.2 Å². The van der Waals surface area contributed by atoms with Crippen LogP contribution in [0.25, 0.3) is 0 Å². The molecule has 1 aromatic rings. The fraction of sp³-hybridized carbons (Fsp3) is 0.684. The standard InChI is InChI=1S/C19H31NO/c1-3-20-18(15-17-9-5-4-6-10-17)12-13-21-19-11-7-8-16(2)14-19/h7-8,11,14,17-18,20H,3-6,9-10,12-13,15H2,1-2H3. The lowest BCUT2D eigenvalue weighted by Gasteiger charge is -2.27. The average Bonchev–Trinajstić information content (AvgIpc) is 2.48. The van der Waals surface area contributed by atoms with E-state index >= 15 is 0 Å². The lowest BCUT2D eigenvalue weighted by molar-refractivity contribution is 0.248. The third kappa shape index (κ3) is 6.09. The maximum absolute atomic E-state index is 5.91. The Labute approximate surface area is 130 Å². The topological polar surface area (TPSA) is 21.3 Å². The summed E-state index contributed by atoms with van der Waals surface area (Å²) in [4.78, 5) is 0. The molecule has 1 fully saturated rings. The Balaban J connectivity index is 1.73. The predicted molar refractivity (Wildman–Crippen MR) is 89.9 cm³/mol. The van der Waals surface area contributed by atoms with E-state index in [4.69, 9.17) is 4.74 Å². The van der Waals surface area contributed by atoms with E-state index in [1.165, 1.54) is 44.1 Å². The molecule has 1 aliphatic rings. The van der Waals surface area contributed by atoms with Gasteiger partial charge in [-0.1, -0.05) is 51.2 Å². The Morgan fingerprint density at radius 1 is 1.24 bits per heavy atom. The summed E-state index contributed by atoms with van der Waals surface area (Å²) in [7, 11) is 0. The number of ether oxygens (including phenoxy) is 1. The van der Waals surface area contributed by atoms with Crippen LogP contribution in [0.1, 0.15) is 57.4 Å². The number of nitrogens with one attached hydrogen (secondary N) is 1. The maximum Gasteiger partial charge on any atom is 0.119 e. The molecule has 1 saturated carbocycles. The molecular formula is C19H31NO. The summed E-state index contributed by atoms with van der Waals surface area (Å²) < 4.78 is 5.91. The Kier molecular flexibility index (Phi) is 7.08. The third-order valence-corrected chi connectivity index (χ3v) is 4.56. The Morgan fingerprint density at radius 2 is 2.05 bits per heavy atom. The van der Waals surface area contributed by atoms with Crippen molar-refractivity contribution in [3.63, 3.8) is 0 Å². The molecule has 0 heterocycles. The summed E-state index contributed by atoms with van der Waals surface area (Å²) in [6.45, 7) is 6.18. The van der Waals surface area contributed by atoms with Gasteiger partial charge in [0.15, 0.2) is 0 Å². The van der Waals surface area contributed by atoms with Gasteiger partial charge in [-0.25, -0.2) is 0 Å². The Morgan fingerprint density at radius 3 is 2.76 bits per heavy atom. The van der Waals surface area contributed by atoms with Gasteiger partial charge in [0.05, 0.1) is 6.61 Å². The van der Waals surface area contributed by atoms with Crippen molar-refractivity contribution in [1.29, 1.82) is 0 Å². The minimum absolute atomic E-state index is 0.614. The second-order valence-corrected chi connectivity index (χ2v) is 6.45. The minimum Gasteiger partial charge on any atom is -0.494 e. The Hall–Kier alpha value is -1.02. The lowest BCUT2D eigenvalue weighted by atomic mass is 9.84. The number of aryl methyl sites for hydroxylation is 1. The van der Waals surface area contributed by atoms with Gasteiger partial charge >= 0.3 is 0 Å². The summed E-state index contributed by atoms with van der Waals surface area (Å²) in [5, 5.41) is 3.65. The molecule has 1 N–H and O–H groups in total. The van der Waals surface area contributed by atoms with E-state index in [2.05, 4.69) is 43.4 Å². The largest absolute Gasteiger partial charge is 0.494 e. The van der Waals surface area contributed by atoms with Gasteiger partial charge in [-0.15, -0.1) is 0 Å². The zero-order valence-corrected chi connectivity index (χ0v) is 13.7. The van der Waals surface area contributed by atoms with Crippen molar-refractivity contribution in [1.82, 2.24) is 5.32 Å². The lowest BCUT2D eigenvalue weighted by Crippen LogP contribution is -2.33. The van der Waals surface area contributed by atoms with Gasteiger partial charge in [0.1, 0.15) is 5.75 Å². The molecule has 0 aromatic heterocycles. The minimum atomic E-state index is 0.614. The average molecular weight is 289 g/mol. The van der Waals surface area contributed by atoms with E-state index < -0.39 is 0 Å². The normalized spacial score (nSPS) is 17.6. The second kappa shape index (κ2) is 9.09. The van der Waals surface area contributed by atoms with Gasteiger partial charge in [-0.2, -0.15) is 0 Å². The quantitative estimate of drug-likeness (QED) is 0.748. The van der Waals surface area contributed by atoms with Crippen LogP contribution < -0.4 is 10.1 Å². The smallest absolute Gasteiger partial charge is 0.119 e. The molecule has 0 saturated heterocycles. The number of rotatable bonds is 8. The van der Waals surface area contributed by atoms with Crippen molar-refractivity contribution < 1.29 is 4.74 Å². The van der Waals surface area contributed by atoms with Crippen LogP contribution in [0.2, 0.25) is 0 Å². The van der Waals surface area contributed by atoms with Crippen LogP contribution in [0.3, 0.4) is 0 Å². The van der Waals surface area contributed by atoms with Gasteiger partial charge < -0.3 is 10.1 Å². The molecule has 0 amide bonds. The highest BCUT2D eigenvalue weighted by Crippen LogP contribution is 2.28. The van der Waals surface area contributed by atoms with Crippen molar-refractivity contribution in [3.8, 4) is 5.75 Å². The van der Waals surface area contributed by atoms with Crippen molar-refractivity contribution >= 4 is 0 Å². The monoisotopic (exact) mass is 289 g/mol. The number of hydrogen-bond acceptors (Lipinski definition) is 2. The van der Waals surface area contributed by atoms with Gasteiger partial charge in [0.25, 0.3) is 0 Å². The molecule has 1 aliphatic carbocycles. The summed E-state index contributed by atoms with van der Waals surface area (Å²) in [5.74, 6) is 1.93. The summed E-state index contributed by atoms with van der Waals surface area (Å²) in [6.07, 6.45) is 9.61. The van der Waals surface area contributed by atoms with E-state index in [1.807, 2.05) is 0 Å². The maximum atomic E-state index is 5.91. The molecule has 0 bridgehead atoms. The number of hydrogen-bond donors (Lipinski definition) is 1. The highest BCUT2D eigenvalue weighted by Gasteiger charge is 2.18. The predicted octanol–water partition coefficient (Wildman–Crippen LogP) is 4.71. The van der Waals surface area contributed by atoms with Crippen LogP contribution >= 0.6 is 0 Å². The molecule has 2 heteroatoms. The fourth-order valence-electron chi connectivity index (χ4n) is 3.44.